The van der Waals surface area contributed by atoms with Crippen LogP contribution in [0.25, 0.3) is 0 Å². The molecule has 0 radical (unpaired) electrons. The zero-order valence-electron chi connectivity index (χ0n) is 12.9. The second-order valence-electron chi connectivity index (χ2n) is 5.70. The fourth-order valence-corrected chi connectivity index (χ4v) is 3.01. The summed E-state index contributed by atoms with van der Waals surface area (Å²) in [5, 5.41) is 0. The van der Waals surface area contributed by atoms with E-state index in [1.807, 2.05) is 30.5 Å². The summed E-state index contributed by atoms with van der Waals surface area (Å²) < 4.78 is 5.46. The van der Waals surface area contributed by atoms with Gasteiger partial charge >= 0.3 is 0 Å². The van der Waals surface area contributed by atoms with Crippen molar-refractivity contribution in [2.75, 3.05) is 26.3 Å². The van der Waals surface area contributed by atoms with Crippen LogP contribution in [-0.4, -0.2) is 49.3 Å². The van der Waals surface area contributed by atoms with Crippen LogP contribution in [0.1, 0.15) is 11.1 Å². The summed E-state index contributed by atoms with van der Waals surface area (Å²) in [7, 11) is 0. The topological polar surface area (TPSA) is 37.2 Å². The summed E-state index contributed by atoms with van der Waals surface area (Å²) in [5.41, 5.74) is 4.20. The van der Waals surface area contributed by atoms with E-state index in [-0.39, 0.29) is 6.17 Å². The molecule has 2 aliphatic heterocycles. The molecule has 0 saturated carbocycles. The lowest BCUT2D eigenvalue weighted by molar-refractivity contribution is 0.0311. The molecule has 1 atom stereocenters. The van der Waals surface area contributed by atoms with Gasteiger partial charge in [0.25, 0.3) is 0 Å². The predicted octanol–water partition coefficient (Wildman–Crippen LogP) is 2.90. The minimum Gasteiger partial charge on any atom is -0.379 e. The van der Waals surface area contributed by atoms with Crippen LogP contribution in [0.4, 0.5) is 5.69 Å². The Morgan fingerprint density at radius 1 is 0.913 bits per heavy atom. The van der Waals surface area contributed by atoms with E-state index in [1.165, 1.54) is 0 Å². The first-order valence-corrected chi connectivity index (χ1v) is 8.00. The van der Waals surface area contributed by atoms with E-state index in [1.54, 1.807) is 0 Å². The molecule has 0 aliphatic carbocycles. The average molecular weight is 305 g/mol. The van der Waals surface area contributed by atoms with Gasteiger partial charge in [-0.05, 0) is 6.07 Å². The van der Waals surface area contributed by atoms with Crippen LogP contribution in [0.3, 0.4) is 0 Å². The van der Waals surface area contributed by atoms with Gasteiger partial charge in [-0.3, -0.25) is 14.9 Å². The highest BCUT2D eigenvalue weighted by atomic mass is 16.5. The van der Waals surface area contributed by atoms with Crippen molar-refractivity contribution in [2.45, 2.75) is 6.17 Å². The Bertz CT molecular complexity index is 733. The second-order valence-corrected chi connectivity index (χ2v) is 5.70. The van der Waals surface area contributed by atoms with E-state index >= 15 is 0 Å². The van der Waals surface area contributed by atoms with Crippen LogP contribution in [0.2, 0.25) is 0 Å². The minimum atomic E-state index is -0.0403. The molecule has 0 N–H and O–H groups in total. The molecule has 0 aromatic heterocycles. The normalized spacial score (nSPS) is 21.4. The zero-order valence-corrected chi connectivity index (χ0v) is 12.9. The molecule has 4 rings (SSSR count). The number of ether oxygens (including phenoxy) is 1. The number of hydrogen-bond donors (Lipinski definition) is 0. The van der Waals surface area contributed by atoms with E-state index in [0.29, 0.717) is 0 Å². The van der Waals surface area contributed by atoms with E-state index in [9.17, 15) is 0 Å². The zero-order chi connectivity index (χ0) is 15.5. The van der Waals surface area contributed by atoms with Crippen molar-refractivity contribution < 1.29 is 4.74 Å². The second kappa shape index (κ2) is 6.44. The van der Waals surface area contributed by atoms with Crippen molar-refractivity contribution >= 4 is 17.6 Å². The highest BCUT2D eigenvalue weighted by molar-refractivity contribution is 6.16. The lowest BCUT2D eigenvalue weighted by Crippen LogP contribution is -2.43. The molecule has 23 heavy (non-hydrogen) atoms. The van der Waals surface area contributed by atoms with Gasteiger partial charge in [0.15, 0.2) is 0 Å². The smallest absolute Gasteiger partial charge is 0.139 e. The van der Waals surface area contributed by atoms with Crippen molar-refractivity contribution in [3.8, 4) is 0 Å². The molecule has 4 nitrogen and oxygen atoms in total. The number of rotatable bonds is 2. The Kier molecular flexibility index (Phi) is 4.01. The van der Waals surface area contributed by atoms with Gasteiger partial charge in [0.2, 0.25) is 0 Å². The van der Waals surface area contributed by atoms with Crippen LogP contribution in [0.5, 0.6) is 0 Å². The fraction of sp³-hybridized carbons (Fsp3) is 0.263. The van der Waals surface area contributed by atoms with Crippen LogP contribution < -0.4 is 0 Å². The first-order valence-electron chi connectivity index (χ1n) is 8.00. The molecule has 0 spiro atoms. The summed E-state index contributed by atoms with van der Waals surface area (Å²) in [6, 6.07) is 18.6. The summed E-state index contributed by atoms with van der Waals surface area (Å²) in [6.45, 7) is 3.29. The Morgan fingerprint density at radius 2 is 1.65 bits per heavy atom. The lowest BCUT2D eigenvalue weighted by Gasteiger charge is -2.30. The number of nitrogens with zero attached hydrogens (tertiary/aromatic N) is 3. The molecular formula is C19H19N3O. The van der Waals surface area contributed by atoms with Gasteiger partial charge in [0.1, 0.15) is 6.17 Å². The third kappa shape index (κ3) is 2.96. The largest absolute Gasteiger partial charge is 0.379 e. The SMILES string of the molecule is C1=Nc2ccccc2C(c2ccccc2)=NC1N1CCOCC1. The maximum Gasteiger partial charge on any atom is 0.139 e. The van der Waals surface area contributed by atoms with Gasteiger partial charge in [0, 0.05) is 30.4 Å². The van der Waals surface area contributed by atoms with E-state index in [2.05, 4.69) is 35.2 Å². The highest BCUT2D eigenvalue weighted by Crippen LogP contribution is 2.26. The Hall–Kier alpha value is -2.30. The molecular weight excluding hydrogens is 286 g/mol. The first-order chi connectivity index (χ1) is 11.4. The Morgan fingerprint density at radius 3 is 2.48 bits per heavy atom. The van der Waals surface area contributed by atoms with Crippen LogP contribution >= 0.6 is 0 Å². The Labute approximate surface area is 136 Å². The molecule has 1 fully saturated rings. The standard InChI is InChI=1S/C19H19N3O/c1-2-6-15(7-3-1)19-16-8-4-5-9-17(16)20-14-18(21-19)22-10-12-23-13-11-22/h1-9,14,18H,10-13H2. The Balaban J connectivity index is 1.79. The van der Waals surface area contributed by atoms with Crippen molar-refractivity contribution in [3.63, 3.8) is 0 Å². The summed E-state index contributed by atoms with van der Waals surface area (Å²) in [6.07, 6.45) is 1.92. The van der Waals surface area contributed by atoms with Crippen molar-refractivity contribution in [1.29, 1.82) is 0 Å². The van der Waals surface area contributed by atoms with Crippen molar-refractivity contribution in [1.82, 2.24) is 4.90 Å². The van der Waals surface area contributed by atoms with Crippen molar-refractivity contribution in [2.24, 2.45) is 9.98 Å². The molecule has 2 aromatic carbocycles. The monoisotopic (exact) mass is 305 g/mol. The highest BCUT2D eigenvalue weighted by Gasteiger charge is 2.23. The molecule has 2 aromatic rings. The van der Waals surface area contributed by atoms with Crippen LogP contribution in [0, 0.1) is 0 Å². The van der Waals surface area contributed by atoms with Gasteiger partial charge in [-0.2, -0.15) is 0 Å². The summed E-state index contributed by atoms with van der Waals surface area (Å²) in [5.74, 6) is 0. The third-order valence-electron chi connectivity index (χ3n) is 4.23. The lowest BCUT2D eigenvalue weighted by atomic mass is 10.0. The van der Waals surface area contributed by atoms with Crippen LogP contribution in [-0.2, 0) is 4.74 Å². The number of hydrogen-bond acceptors (Lipinski definition) is 4. The van der Waals surface area contributed by atoms with Crippen LogP contribution in [0.15, 0.2) is 64.6 Å². The van der Waals surface area contributed by atoms with Gasteiger partial charge in [-0.1, -0.05) is 48.5 Å². The maximum atomic E-state index is 5.46. The quantitative estimate of drug-likeness (QED) is 0.855. The summed E-state index contributed by atoms with van der Waals surface area (Å²) >= 11 is 0. The molecule has 0 bridgehead atoms. The van der Waals surface area contributed by atoms with Gasteiger partial charge in [-0.25, -0.2) is 0 Å². The number of fused-ring (bicyclic) bond motifs is 1. The average Bonchev–Trinajstić information content (AvgIpc) is 2.83. The molecule has 0 amide bonds. The number of morpholine rings is 1. The predicted molar refractivity (Wildman–Crippen MR) is 92.9 cm³/mol. The molecule has 116 valence electrons. The van der Waals surface area contributed by atoms with E-state index < -0.39 is 0 Å². The molecule has 1 saturated heterocycles. The number of para-hydroxylation sites is 1. The summed E-state index contributed by atoms with van der Waals surface area (Å²) in [4.78, 5) is 12.1. The van der Waals surface area contributed by atoms with Crippen molar-refractivity contribution in [3.05, 3.63) is 65.7 Å². The molecule has 2 aliphatic rings. The van der Waals surface area contributed by atoms with Gasteiger partial charge in [0.05, 0.1) is 24.6 Å². The van der Waals surface area contributed by atoms with E-state index in [0.717, 1.165) is 48.8 Å². The molecule has 1 unspecified atom stereocenters. The molecule has 4 heteroatoms. The number of aliphatic imine (C=N–C) groups is 2. The van der Waals surface area contributed by atoms with Gasteiger partial charge in [-0.15, -0.1) is 0 Å². The first kappa shape index (κ1) is 14.3. The fourth-order valence-electron chi connectivity index (χ4n) is 3.01. The van der Waals surface area contributed by atoms with Gasteiger partial charge < -0.3 is 4.74 Å². The maximum absolute atomic E-state index is 5.46. The van der Waals surface area contributed by atoms with E-state index in [4.69, 9.17) is 14.7 Å². The number of benzene rings is 2. The third-order valence-corrected chi connectivity index (χ3v) is 4.23. The molecule has 2 heterocycles. The minimum absolute atomic E-state index is 0.0403.